The highest BCUT2D eigenvalue weighted by atomic mass is 19.4. The molecule has 1 heterocycles. The molecule has 1 saturated heterocycles. The number of piperidine rings is 1. The summed E-state index contributed by atoms with van der Waals surface area (Å²) >= 11 is 0. The van der Waals surface area contributed by atoms with Gasteiger partial charge in [0.15, 0.2) is 6.10 Å². The molecule has 0 spiro atoms. The number of fused-ring (bicyclic) bond motifs is 1. The number of nitrogens with zero attached hydrogens (tertiary/aromatic N) is 1. The van der Waals surface area contributed by atoms with Crippen molar-refractivity contribution in [3.05, 3.63) is 94.5 Å². The number of nitrogens with one attached hydrogen (secondary N) is 1. The number of hydrogen-bond acceptors (Lipinski definition) is 5. The number of halogens is 6. The maximum atomic E-state index is 13.5. The van der Waals surface area contributed by atoms with Crippen LogP contribution in [0.25, 0.3) is 0 Å². The molecule has 254 valence electrons. The number of carboxylic acid groups (broad SMARTS) is 1. The van der Waals surface area contributed by atoms with Crippen LogP contribution in [0.1, 0.15) is 48.6 Å². The van der Waals surface area contributed by atoms with E-state index in [1.165, 1.54) is 0 Å². The van der Waals surface area contributed by atoms with E-state index >= 15 is 0 Å². The van der Waals surface area contributed by atoms with Gasteiger partial charge in [-0.1, -0.05) is 51.1 Å². The molecular weight excluding hydrogens is 626 g/mol. The topological polar surface area (TPSA) is 71.0 Å². The van der Waals surface area contributed by atoms with Gasteiger partial charge in [0, 0.05) is 38.6 Å². The second kappa shape index (κ2) is 13.4. The van der Waals surface area contributed by atoms with Crippen molar-refractivity contribution in [2.45, 2.75) is 63.7 Å². The quantitative estimate of drug-likeness (QED) is 0.158. The van der Waals surface area contributed by atoms with Crippen molar-refractivity contribution in [2.75, 3.05) is 26.2 Å². The van der Waals surface area contributed by atoms with Crippen LogP contribution in [0, 0.1) is 11.8 Å². The normalized spacial score (nSPS) is 20.5. The minimum Gasteiger partial charge on any atom is -0.492 e. The highest BCUT2D eigenvalue weighted by Gasteiger charge is 2.55. The summed E-state index contributed by atoms with van der Waals surface area (Å²) in [5.41, 5.74) is -0.839. The maximum Gasteiger partial charge on any atom is 0.416 e. The first-order valence-corrected chi connectivity index (χ1v) is 15.4. The van der Waals surface area contributed by atoms with Gasteiger partial charge in [-0.2, -0.15) is 26.3 Å². The van der Waals surface area contributed by atoms with Crippen LogP contribution in [0.5, 0.6) is 11.5 Å². The Morgan fingerprint density at radius 2 is 1.47 bits per heavy atom. The van der Waals surface area contributed by atoms with E-state index in [-0.39, 0.29) is 47.9 Å². The van der Waals surface area contributed by atoms with Gasteiger partial charge in [-0.25, -0.2) is 4.79 Å². The molecule has 2 fully saturated rings. The number of carboxylic acids is 1. The first kappa shape index (κ1) is 34.6. The molecule has 0 amide bonds. The molecule has 47 heavy (non-hydrogen) atoms. The van der Waals surface area contributed by atoms with Crippen LogP contribution in [0.15, 0.2) is 66.7 Å². The van der Waals surface area contributed by atoms with E-state index in [2.05, 4.69) is 26.1 Å². The first-order valence-electron chi connectivity index (χ1n) is 15.4. The molecular formula is C35H38F6N2O4. The average molecular weight is 665 g/mol. The Labute approximate surface area is 269 Å². The van der Waals surface area contributed by atoms with Crippen LogP contribution in [0.3, 0.4) is 0 Å². The van der Waals surface area contributed by atoms with Crippen LogP contribution in [-0.2, 0) is 35.5 Å². The Balaban J connectivity index is 1.03. The summed E-state index contributed by atoms with van der Waals surface area (Å²) in [4.78, 5) is 13.7. The average Bonchev–Trinajstić information content (AvgIpc) is 3.43. The number of aliphatic carboxylic acids is 1. The molecule has 0 aromatic heterocycles. The molecule has 5 rings (SSSR count). The van der Waals surface area contributed by atoms with Crippen molar-refractivity contribution in [1.82, 2.24) is 10.2 Å². The highest BCUT2D eigenvalue weighted by molar-refractivity contribution is 5.73. The molecule has 6 nitrogen and oxygen atoms in total. The Hall–Kier alpha value is -3.77. The first-order chi connectivity index (χ1) is 22.0. The van der Waals surface area contributed by atoms with Crippen molar-refractivity contribution in [1.29, 1.82) is 0 Å². The van der Waals surface area contributed by atoms with Gasteiger partial charge in [0.05, 0.1) is 11.1 Å². The fourth-order valence-electron chi connectivity index (χ4n) is 6.15. The standard InChI is InChI=1S/C35H38F6N2O4/c1-33(2,3)23-8-12-26(13-9-23)47-30(32(44)45)16-21-4-10-25(11-5-21)46-15-14-42-31-27-19-43(20-28(27)31)18-22-6-7-24(34(36,37)38)17-29(22)35(39,40)41/h4-13,17,27-28,30-31,42H,14-16,18-20H2,1-3H3,(H,44,45)/t27-,28?,30-,31?/m0/s1. The second-order valence-electron chi connectivity index (χ2n) is 13.3. The summed E-state index contributed by atoms with van der Waals surface area (Å²) in [7, 11) is 0. The summed E-state index contributed by atoms with van der Waals surface area (Å²) in [5, 5.41) is 13.1. The number of likely N-dealkylation sites (tertiary alicyclic amines) is 1. The lowest BCUT2D eigenvalue weighted by molar-refractivity contribution is -0.145. The molecule has 2 aliphatic rings. The lowest BCUT2D eigenvalue weighted by atomic mass is 9.87. The predicted octanol–water partition coefficient (Wildman–Crippen LogP) is 7.20. The third-order valence-corrected chi connectivity index (χ3v) is 8.78. The van der Waals surface area contributed by atoms with Gasteiger partial charge < -0.3 is 19.9 Å². The summed E-state index contributed by atoms with van der Waals surface area (Å²) in [6, 6.07) is 16.6. The van der Waals surface area contributed by atoms with Crippen molar-refractivity contribution in [3.63, 3.8) is 0 Å². The zero-order chi connectivity index (χ0) is 34.1. The monoisotopic (exact) mass is 664 g/mol. The van der Waals surface area contributed by atoms with Crippen LogP contribution < -0.4 is 14.8 Å². The molecule has 2 unspecified atom stereocenters. The summed E-state index contributed by atoms with van der Waals surface area (Å²) < 4.78 is 91.0. The lowest BCUT2D eigenvalue weighted by Gasteiger charge is -2.23. The largest absolute Gasteiger partial charge is 0.492 e. The molecule has 4 atom stereocenters. The molecule has 0 bridgehead atoms. The third-order valence-electron chi connectivity index (χ3n) is 8.78. The zero-order valence-corrected chi connectivity index (χ0v) is 26.3. The fourth-order valence-corrected chi connectivity index (χ4v) is 6.15. The molecule has 0 radical (unpaired) electrons. The van der Waals surface area contributed by atoms with Gasteiger partial charge in [-0.15, -0.1) is 0 Å². The number of alkyl halides is 6. The van der Waals surface area contributed by atoms with E-state index in [0.29, 0.717) is 43.8 Å². The Morgan fingerprint density at radius 3 is 2.02 bits per heavy atom. The second-order valence-corrected chi connectivity index (χ2v) is 13.3. The molecule has 1 aliphatic carbocycles. The minimum atomic E-state index is -4.88. The molecule has 3 aromatic carbocycles. The fraction of sp³-hybridized carbons (Fsp3) is 0.457. The van der Waals surface area contributed by atoms with E-state index < -0.39 is 35.6 Å². The maximum absolute atomic E-state index is 13.5. The summed E-state index contributed by atoms with van der Waals surface area (Å²) in [6.45, 7) is 8.29. The van der Waals surface area contributed by atoms with Gasteiger partial charge in [0.2, 0.25) is 0 Å². The van der Waals surface area contributed by atoms with E-state index in [1.807, 2.05) is 17.0 Å². The van der Waals surface area contributed by atoms with Gasteiger partial charge in [0.1, 0.15) is 18.1 Å². The number of carbonyl (C=O) groups is 1. The highest BCUT2D eigenvalue weighted by Crippen LogP contribution is 2.46. The molecule has 2 N–H and O–H groups in total. The van der Waals surface area contributed by atoms with Gasteiger partial charge in [0.25, 0.3) is 0 Å². The molecule has 3 aromatic rings. The van der Waals surface area contributed by atoms with Crippen LogP contribution in [0.2, 0.25) is 0 Å². The zero-order valence-electron chi connectivity index (χ0n) is 26.3. The van der Waals surface area contributed by atoms with Crippen molar-refractivity contribution < 1.29 is 45.7 Å². The smallest absolute Gasteiger partial charge is 0.416 e. The van der Waals surface area contributed by atoms with Crippen LogP contribution >= 0.6 is 0 Å². The number of hydrogen-bond donors (Lipinski definition) is 2. The molecule has 12 heteroatoms. The van der Waals surface area contributed by atoms with E-state index in [9.17, 15) is 36.2 Å². The van der Waals surface area contributed by atoms with Crippen LogP contribution in [-0.4, -0.2) is 54.4 Å². The van der Waals surface area contributed by atoms with Crippen molar-refractivity contribution in [2.24, 2.45) is 11.8 Å². The SMILES string of the molecule is CC(C)(C)c1ccc(O[C@@H](Cc2ccc(OCCNC3C4CN(Cc5ccc(C(F)(F)F)cc5C(F)(F)F)C[C@@H]43)cc2)C(=O)O)cc1. The number of ether oxygens (including phenoxy) is 2. The lowest BCUT2D eigenvalue weighted by Crippen LogP contribution is -2.33. The molecule has 1 saturated carbocycles. The summed E-state index contributed by atoms with van der Waals surface area (Å²) in [6.07, 6.45) is -10.6. The summed E-state index contributed by atoms with van der Waals surface area (Å²) in [5.74, 6) is 0.577. The Morgan fingerprint density at radius 1 is 0.872 bits per heavy atom. The predicted molar refractivity (Wildman–Crippen MR) is 163 cm³/mol. The van der Waals surface area contributed by atoms with E-state index in [4.69, 9.17) is 9.47 Å². The van der Waals surface area contributed by atoms with Crippen molar-refractivity contribution >= 4 is 5.97 Å². The van der Waals surface area contributed by atoms with Gasteiger partial charge >= 0.3 is 18.3 Å². The minimum absolute atomic E-state index is 0.0252. The van der Waals surface area contributed by atoms with Gasteiger partial charge in [-0.05, 0) is 70.3 Å². The molecule has 1 aliphatic heterocycles. The Bertz CT molecular complexity index is 1520. The van der Waals surface area contributed by atoms with Crippen molar-refractivity contribution in [3.8, 4) is 11.5 Å². The number of rotatable bonds is 12. The van der Waals surface area contributed by atoms with E-state index in [0.717, 1.165) is 17.2 Å². The van der Waals surface area contributed by atoms with Crippen LogP contribution in [0.4, 0.5) is 26.3 Å². The Kier molecular flexibility index (Phi) is 9.84. The van der Waals surface area contributed by atoms with E-state index in [1.54, 1.807) is 36.4 Å². The number of benzene rings is 3. The van der Waals surface area contributed by atoms with Gasteiger partial charge in [-0.3, -0.25) is 4.90 Å². The third kappa shape index (κ3) is 8.78.